The molecule has 2 heteroatoms. The van der Waals surface area contributed by atoms with Gasteiger partial charge in [-0.2, -0.15) is 0 Å². The van der Waals surface area contributed by atoms with Crippen molar-refractivity contribution >= 4 is 0 Å². The molecule has 1 heterocycles. The second-order valence-electron chi connectivity index (χ2n) is 3.89. The lowest BCUT2D eigenvalue weighted by Crippen LogP contribution is -2.29. The number of fused-ring (bicyclic) bond motifs is 1. The van der Waals surface area contributed by atoms with Gasteiger partial charge in [-0.15, -0.1) is 0 Å². The minimum absolute atomic E-state index is 0.509. The van der Waals surface area contributed by atoms with E-state index in [-0.39, 0.29) is 0 Å². The Bertz CT molecular complexity index is 135. The molecule has 10 heavy (non-hydrogen) atoms. The second-order valence-corrected chi connectivity index (χ2v) is 3.89. The standard InChI is InChI=1S/C8H16N2/c1-10-4-6-2-3-8(9)7(6)5-10/h6-8H,2-5,9H2,1H3/t6?,7-,8+/m0/s1. The van der Waals surface area contributed by atoms with Gasteiger partial charge in [0.25, 0.3) is 0 Å². The van der Waals surface area contributed by atoms with E-state index < -0.39 is 0 Å². The Morgan fingerprint density at radius 3 is 2.80 bits per heavy atom. The fourth-order valence-electron chi connectivity index (χ4n) is 2.53. The molecule has 0 amide bonds. The Kier molecular flexibility index (Phi) is 1.46. The maximum atomic E-state index is 5.96. The zero-order valence-electron chi connectivity index (χ0n) is 6.59. The fraction of sp³-hybridized carbons (Fsp3) is 1.00. The first kappa shape index (κ1) is 6.62. The maximum Gasteiger partial charge on any atom is 0.00826 e. The van der Waals surface area contributed by atoms with Crippen molar-refractivity contribution in [1.82, 2.24) is 4.90 Å². The molecule has 1 aliphatic carbocycles. The molecule has 1 saturated carbocycles. The van der Waals surface area contributed by atoms with Crippen LogP contribution in [0.1, 0.15) is 12.8 Å². The van der Waals surface area contributed by atoms with Gasteiger partial charge in [0.15, 0.2) is 0 Å². The predicted octanol–water partition coefficient (Wildman–Crippen LogP) is 0.285. The number of nitrogens with zero attached hydrogens (tertiary/aromatic N) is 1. The number of nitrogens with two attached hydrogens (primary N) is 1. The quantitative estimate of drug-likeness (QED) is 0.524. The second kappa shape index (κ2) is 2.21. The first-order chi connectivity index (χ1) is 4.77. The third kappa shape index (κ3) is 0.867. The molecule has 0 aromatic carbocycles. The van der Waals surface area contributed by atoms with Crippen LogP contribution in [0.5, 0.6) is 0 Å². The molecule has 2 aliphatic rings. The molecule has 1 saturated heterocycles. The van der Waals surface area contributed by atoms with Gasteiger partial charge in [0.05, 0.1) is 0 Å². The van der Waals surface area contributed by atoms with Gasteiger partial charge >= 0.3 is 0 Å². The maximum absolute atomic E-state index is 5.96. The van der Waals surface area contributed by atoms with Gasteiger partial charge in [-0.25, -0.2) is 0 Å². The van der Waals surface area contributed by atoms with E-state index in [0.717, 1.165) is 11.8 Å². The number of hydrogen-bond acceptors (Lipinski definition) is 2. The van der Waals surface area contributed by atoms with Crippen LogP contribution < -0.4 is 5.73 Å². The lowest BCUT2D eigenvalue weighted by Gasteiger charge is -2.12. The molecule has 1 unspecified atom stereocenters. The molecule has 0 aromatic rings. The van der Waals surface area contributed by atoms with Gasteiger partial charge in [-0.05, 0) is 31.7 Å². The Morgan fingerprint density at radius 2 is 2.10 bits per heavy atom. The van der Waals surface area contributed by atoms with Gasteiger partial charge in [-0.3, -0.25) is 0 Å². The van der Waals surface area contributed by atoms with E-state index in [1.54, 1.807) is 0 Å². The first-order valence-corrected chi connectivity index (χ1v) is 4.21. The first-order valence-electron chi connectivity index (χ1n) is 4.21. The van der Waals surface area contributed by atoms with Crippen LogP contribution >= 0.6 is 0 Å². The smallest absolute Gasteiger partial charge is 0.00826 e. The van der Waals surface area contributed by atoms with Crippen LogP contribution in [0.4, 0.5) is 0 Å². The molecule has 2 nitrogen and oxygen atoms in total. The molecule has 58 valence electrons. The molecule has 2 fully saturated rings. The van der Waals surface area contributed by atoms with Crippen molar-refractivity contribution in [3.63, 3.8) is 0 Å². The fourth-order valence-corrected chi connectivity index (χ4v) is 2.53. The summed E-state index contributed by atoms with van der Waals surface area (Å²) in [6.45, 7) is 2.53. The minimum atomic E-state index is 0.509. The van der Waals surface area contributed by atoms with Gasteiger partial charge < -0.3 is 10.6 Å². The highest BCUT2D eigenvalue weighted by atomic mass is 15.1. The molecule has 2 rings (SSSR count). The van der Waals surface area contributed by atoms with E-state index >= 15 is 0 Å². The predicted molar refractivity (Wildman–Crippen MR) is 41.7 cm³/mol. The molecule has 0 bridgehead atoms. The van der Waals surface area contributed by atoms with Crippen molar-refractivity contribution in [3.8, 4) is 0 Å². The summed E-state index contributed by atoms with van der Waals surface area (Å²) in [7, 11) is 2.20. The van der Waals surface area contributed by atoms with Crippen molar-refractivity contribution in [2.75, 3.05) is 20.1 Å². The highest BCUT2D eigenvalue weighted by Gasteiger charge is 2.39. The summed E-state index contributed by atoms with van der Waals surface area (Å²) >= 11 is 0. The van der Waals surface area contributed by atoms with E-state index in [0.29, 0.717) is 6.04 Å². The zero-order chi connectivity index (χ0) is 7.14. The molecule has 0 aromatic heterocycles. The van der Waals surface area contributed by atoms with Crippen LogP contribution in [0.15, 0.2) is 0 Å². The van der Waals surface area contributed by atoms with Crippen molar-refractivity contribution in [2.24, 2.45) is 17.6 Å². The van der Waals surface area contributed by atoms with Gasteiger partial charge in [0.1, 0.15) is 0 Å². The van der Waals surface area contributed by atoms with E-state index in [1.807, 2.05) is 0 Å². The SMILES string of the molecule is CN1CC2CC[C@@H](N)[C@H]2C1. The zero-order valence-corrected chi connectivity index (χ0v) is 6.59. The Hall–Kier alpha value is -0.0800. The lowest BCUT2D eigenvalue weighted by atomic mass is 9.98. The molecule has 1 aliphatic heterocycles. The Balaban J connectivity index is 2.05. The van der Waals surface area contributed by atoms with Crippen LogP contribution in [0.3, 0.4) is 0 Å². The summed E-state index contributed by atoms with van der Waals surface area (Å²) in [6, 6.07) is 0.509. The third-order valence-electron chi connectivity index (χ3n) is 3.09. The highest BCUT2D eigenvalue weighted by molar-refractivity contribution is 4.94. The average Bonchev–Trinajstić information content (AvgIpc) is 2.35. The summed E-state index contributed by atoms with van der Waals surface area (Å²) in [4.78, 5) is 2.41. The van der Waals surface area contributed by atoms with E-state index in [1.165, 1.54) is 25.9 Å². The summed E-state index contributed by atoms with van der Waals surface area (Å²) in [5, 5.41) is 0. The third-order valence-corrected chi connectivity index (χ3v) is 3.09. The van der Waals surface area contributed by atoms with Gasteiger partial charge in [-0.1, -0.05) is 0 Å². The highest BCUT2D eigenvalue weighted by Crippen LogP contribution is 2.36. The average molecular weight is 140 g/mol. The molecule has 0 radical (unpaired) electrons. The number of likely N-dealkylation sites (tertiary alicyclic amines) is 1. The van der Waals surface area contributed by atoms with Gasteiger partial charge in [0.2, 0.25) is 0 Å². The number of rotatable bonds is 0. The summed E-state index contributed by atoms with van der Waals surface area (Å²) in [5.41, 5.74) is 5.96. The summed E-state index contributed by atoms with van der Waals surface area (Å²) < 4.78 is 0. The van der Waals surface area contributed by atoms with Crippen molar-refractivity contribution in [3.05, 3.63) is 0 Å². The topological polar surface area (TPSA) is 29.3 Å². The van der Waals surface area contributed by atoms with Crippen LogP contribution in [0.25, 0.3) is 0 Å². The molecular formula is C8H16N2. The van der Waals surface area contributed by atoms with Crippen LogP contribution in [-0.2, 0) is 0 Å². The monoisotopic (exact) mass is 140 g/mol. The molecule has 3 atom stereocenters. The minimum Gasteiger partial charge on any atom is -0.327 e. The largest absolute Gasteiger partial charge is 0.327 e. The Labute approximate surface area is 62.4 Å². The van der Waals surface area contributed by atoms with Gasteiger partial charge in [0, 0.05) is 19.1 Å². The van der Waals surface area contributed by atoms with E-state index in [9.17, 15) is 0 Å². The summed E-state index contributed by atoms with van der Waals surface area (Å²) in [5.74, 6) is 1.75. The molecule has 2 N–H and O–H groups in total. The summed E-state index contributed by atoms with van der Waals surface area (Å²) in [6.07, 6.45) is 2.64. The molecule has 0 spiro atoms. The van der Waals surface area contributed by atoms with Crippen molar-refractivity contribution in [1.29, 1.82) is 0 Å². The van der Waals surface area contributed by atoms with E-state index in [2.05, 4.69) is 11.9 Å². The number of hydrogen-bond donors (Lipinski definition) is 1. The lowest BCUT2D eigenvalue weighted by molar-refractivity contribution is 0.368. The normalized spacial score (nSPS) is 48.0. The van der Waals surface area contributed by atoms with E-state index in [4.69, 9.17) is 5.73 Å². The van der Waals surface area contributed by atoms with Crippen LogP contribution in [0, 0.1) is 11.8 Å². The van der Waals surface area contributed by atoms with Crippen molar-refractivity contribution < 1.29 is 0 Å². The van der Waals surface area contributed by atoms with Crippen LogP contribution in [0.2, 0.25) is 0 Å². The van der Waals surface area contributed by atoms with Crippen molar-refractivity contribution in [2.45, 2.75) is 18.9 Å². The van der Waals surface area contributed by atoms with Crippen LogP contribution in [-0.4, -0.2) is 31.1 Å². The molecular weight excluding hydrogens is 124 g/mol. The Morgan fingerprint density at radius 1 is 1.30 bits per heavy atom.